The Labute approximate surface area is 199 Å². The lowest BCUT2D eigenvalue weighted by atomic mass is 9.80. The van der Waals surface area contributed by atoms with Crippen LogP contribution < -0.4 is 5.32 Å². The van der Waals surface area contributed by atoms with E-state index in [4.69, 9.17) is 0 Å². The molecule has 5 heterocycles. The lowest BCUT2D eigenvalue weighted by Crippen LogP contribution is -2.61. The molecule has 1 spiro atoms. The number of alkyl halides is 5. The first-order valence-electron chi connectivity index (χ1n) is 11.3. The summed E-state index contributed by atoms with van der Waals surface area (Å²) in [5.74, 6) is -0.393. The average Bonchev–Trinajstić information content (AvgIpc) is 3.42. The molecule has 5 rings (SSSR count). The number of nitrogens with one attached hydrogen (secondary N) is 1. The Morgan fingerprint density at radius 2 is 1.89 bits per heavy atom. The van der Waals surface area contributed by atoms with E-state index >= 15 is 0 Å². The fourth-order valence-electron chi connectivity index (χ4n) is 5.35. The normalized spacial score (nSPS) is 19.5. The van der Waals surface area contributed by atoms with Crippen LogP contribution in [0.3, 0.4) is 0 Å². The first kappa shape index (κ1) is 23.7. The van der Waals surface area contributed by atoms with Crippen molar-refractivity contribution in [1.29, 1.82) is 0 Å². The Balaban J connectivity index is 0.00000304. The molecule has 1 fully saturated rings. The van der Waals surface area contributed by atoms with E-state index in [1.807, 2.05) is 0 Å². The highest BCUT2D eigenvalue weighted by Crippen LogP contribution is 2.44. The predicted molar refractivity (Wildman–Crippen MR) is 118 cm³/mol. The maximum atomic E-state index is 13.7. The van der Waals surface area contributed by atoms with E-state index in [0.29, 0.717) is 30.8 Å². The number of fused-ring (bicyclic) bond motifs is 3. The molecule has 190 valence electrons. The molecule has 3 aromatic rings. The largest absolute Gasteiger partial charge is 0.431 e. The lowest BCUT2D eigenvalue weighted by Gasteiger charge is -2.50. The van der Waals surface area contributed by atoms with E-state index in [1.165, 1.54) is 22.9 Å². The Morgan fingerprint density at radius 1 is 1.20 bits per heavy atom. The quantitative estimate of drug-likeness (QED) is 0.528. The molecule has 1 saturated heterocycles. The number of amides is 1. The molecule has 0 aromatic carbocycles. The van der Waals surface area contributed by atoms with Crippen molar-refractivity contribution >= 4 is 11.6 Å². The molecular formula is C23H27F5N6O. The van der Waals surface area contributed by atoms with Gasteiger partial charge in [-0.2, -0.15) is 18.3 Å². The summed E-state index contributed by atoms with van der Waals surface area (Å²) in [6.45, 7) is 6.00. The molecule has 12 heteroatoms. The van der Waals surface area contributed by atoms with Crippen molar-refractivity contribution in [3.05, 3.63) is 52.7 Å². The molecule has 0 unspecified atom stereocenters. The van der Waals surface area contributed by atoms with Crippen LogP contribution in [0.4, 0.5) is 22.0 Å². The summed E-state index contributed by atoms with van der Waals surface area (Å²) < 4.78 is 70.4. The van der Waals surface area contributed by atoms with Crippen molar-refractivity contribution in [2.45, 2.75) is 57.3 Å². The van der Waals surface area contributed by atoms with Crippen molar-refractivity contribution < 1.29 is 28.2 Å². The Kier molecular flexibility index (Phi) is 5.24. The van der Waals surface area contributed by atoms with Crippen LogP contribution in [-0.4, -0.2) is 49.6 Å². The summed E-state index contributed by atoms with van der Waals surface area (Å²) >= 11 is 0. The molecule has 0 bridgehead atoms. The average molecular weight is 499 g/mol. The SMILES string of the molecule is Cc1cc(C(F)F)n2ncc(C(=O)N3CCC4(CC3)NCC(C)(C)n3c(C(F)(F)F)ccc34)c2n1.[HH]. The molecule has 2 aliphatic heterocycles. The minimum absolute atomic E-state index is 0. The highest BCUT2D eigenvalue weighted by atomic mass is 19.4. The number of halogens is 5. The van der Waals surface area contributed by atoms with Gasteiger partial charge in [-0.15, -0.1) is 0 Å². The van der Waals surface area contributed by atoms with Gasteiger partial charge in [0.2, 0.25) is 0 Å². The van der Waals surface area contributed by atoms with Gasteiger partial charge in [-0.3, -0.25) is 4.79 Å². The van der Waals surface area contributed by atoms with E-state index in [1.54, 1.807) is 25.7 Å². The van der Waals surface area contributed by atoms with Gasteiger partial charge in [0.1, 0.15) is 17.0 Å². The number of carbonyl (C=O) groups is 1. The summed E-state index contributed by atoms with van der Waals surface area (Å²) in [6, 6.07) is 3.87. The molecule has 2 aliphatic rings. The van der Waals surface area contributed by atoms with Crippen molar-refractivity contribution in [3.8, 4) is 0 Å². The summed E-state index contributed by atoms with van der Waals surface area (Å²) in [7, 11) is 0. The van der Waals surface area contributed by atoms with Gasteiger partial charge < -0.3 is 14.8 Å². The molecule has 0 radical (unpaired) electrons. The van der Waals surface area contributed by atoms with Crippen molar-refractivity contribution in [3.63, 3.8) is 0 Å². The second-order valence-electron chi connectivity index (χ2n) is 9.89. The van der Waals surface area contributed by atoms with Crippen LogP contribution in [0.1, 0.15) is 67.7 Å². The highest BCUT2D eigenvalue weighted by Gasteiger charge is 2.49. The number of carbonyl (C=O) groups excluding carboxylic acids is 1. The van der Waals surface area contributed by atoms with Crippen LogP contribution in [0.5, 0.6) is 0 Å². The van der Waals surface area contributed by atoms with Crippen LogP contribution in [0, 0.1) is 6.92 Å². The topological polar surface area (TPSA) is 67.5 Å². The van der Waals surface area contributed by atoms with E-state index < -0.39 is 35.3 Å². The fourth-order valence-corrected chi connectivity index (χ4v) is 5.35. The summed E-state index contributed by atoms with van der Waals surface area (Å²) in [4.78, 5) is 19.1. The second-order valence-corrected chi connectivity index (χ2v) is 9.89. The Bertz CT molecular complexity index is 1310. The number of nitrogens with zero attached hydrogens (tertiary/aromatic N) is 5. The summed E-state index contributed by atoms with van der Waals surface area (Å²) in [6.07, 6.45) is -5.20. The molecule has 7 nitrogen and oxygen atoms in total. The van der Waals surface area contributed by atoms with Crippen LogP contribution in [0.2, 0.25) is 0 Å². The smallest absolute Gasteiger partial charge is 0.338 e. The van der Waals surface area contributed by atoms with Crippen LogP contribution >= 0.6 is 0 Å². The molecule has 1 N–H and O–H groups in total. The maximum absolute atomic E-state index is 13.7. The Hall–Kier alpha value is -3.02. The Morgan fingerprint density at radius 3 is 2.51 bits per heavy atom. The number of hydrogen-bond donors (Lipinski definition) is 1. The molecule has 0 saturated carbocycles. The van der Waals surface area contributed by atoms with Gasteiger partial charge in [0, 0.05) is 32.4 Å². The zero-order chi connectivity index (χ0) is 25.3. The number of aryl methyl sites for hydroxylation is 1. The molecule has 1 amide bonds. The lowest BCUT2D eigenvalue weighted by molar-refractivity contribution is -0.146. The zero-order valence-electron chi connectivity index (χ0n) is 19.5. The number of rotatable bonds is 2. The van der Waals surface area contributed by atoms with Crippen LogP contribution in [0.15, 0.2) is 24.4 Å². The minimum atomic E-state index is -4.48. The minimum Gasteiger partial charge on any atom is -0.338 e. The number of hydrogen-bond acceptors (Lipinski definition) is 4. The van der Waals surface area contributed by atoms with Gasteiger partial charge in [-0.05, 0) is 51.8 Å². The third-order valence-electron chi connectivity index (χ3n) is 7.11. The van der Waals surface area contributed by atoms with Crippen LogP contribution in [-0.2, 0) is 17.3 Å². The number of likely N-dealkylation sites (tertiary alicyclic amines) is 1. The zero-order valence-corrected chi connectivity index (χ0v) is 19.5. The van der Waals surface area contributed by atoms with Gasteiger partial charge in [0.15, 0.2) is 5.65 Å². The maximum Gasteiger partial charge on any atom is 0.431 e. The number of aromatic nitrogens is 4. The molecule has 0 aliphatic carbocycles. The highest BCUT2D eigenvalue weighted by molar-refractivity contribution is 5.99. The predicted octanol–water partition coefficient (Wildman–Crippen LogP) is 4.51. The standard InChI is InChI=1S/C23H25F5N6O.H2/c1-13-10-15(18(24)25)34-19(31-13)14(11-30-34)20(35)32-8-6-22(7-9-32)16-4-5-17(23(26,27)28)33(16)21(2,3)12-29-22;/h4-5,10-11,18,29H,6-9,12H2,1-3H3;1H. The first-order valence-corrected chi connectivity index (χ1v) is 11.3. The number of piperidine rings is 1. The molecule has 0 atom stereocenters. The van der Waals surface area contributed by atoms with Crippen molar-refractivity contribution in [2.75, 3.05) is 19.6 Å². The molecular weight excluding hydrogens is 471 g/mol. The van der Waals surface area contributed by atoms with Crippen molar-refractivity contribution in [1.82, 2.24) is 29.4 Å². The van der Waals surface area contributed by atoms with Gasteiger partial charge in [-0.25, -0.2) is 18.3 Å². The monoisotopic (exact) mass is 498 g/mol. The third kappa shape index (κ3) is 3.69. The second kappa shape index (κ2) is 7.74. The summed E-state index contributed by atoms with van der Waals surface area (Å²) in [5.41, 5.74) is -1.42. The van der Waals surface area contributed by atoms with Gasteiger partial charge in [0.25, 0.3) is 12.3 Å². The van der Waals surface area contributed by atoms with Crippen molar-refractivity contribution in [2.24, 2.45) is 0 Å². The van der Waals surface area contributed by atoms with Gasteiger partial charge in [-0.1, -0.05) is 0 Å². The third-order valence-corrected chi connectivity index (χ3v) is 7.11. The van der Waals surface area contributed by atoms with Crippen LogP contribution in [0.25, 0.3) is 5.65 Å². The fraction of sp³-hybridized carbons (Fsp3) is 0.522. The van der Waals surface area contributed by atoms with E-state index in [2.05, 4.69) is 15.4 Å². The summed E-state index contributed by atoms with van der Waals surface area (Å²) in [5, 5.41) is 7.41. The molecule has 3 aromatic heterocycles. The van der Waals surface area contributed by atoms with E-state index in [0.717, 1.165) is 10.6 Å². The van der Waals surface area contributed by atoms with Gasteiger partial charge in [0.05, 0.1) is 17.3 Å². The van der Waals surface area contributed by atoms with E-state index in [-0.39, 0.29) is 31.4 Å². The first-order chi connectivity index (χ1) is 16.3. The van der Waals surface area contributed by atoms with E-state index in [9.17, 15) is 26.7 Å². The van der Waals surface area contributed by atoms with Gasteiger partial charge >= 0.3 is 6.18 Å². The molecule has 35 heavy (non-hydrogen) atoms.